The van der Waals surface area contributed by atoms with Crippen LogP contribution in [0, 0.1) is 0 Å². The standard InChI is InChI=1S/C20H27N9O/c1-3-21-20(22-9-6-8-18-25-24-17-7-4-5-10-29(17)18)27-11-12-28(19(30)15-27)16-13-23-26(2)14-16/h4-5,7,10,13-14H,3,6,8-9,11-12,15H2,1-2H3,(H,21,22). The summed E-state index contributed by atoms with van der Waals surface area (Å²) in [4.78, 5) is 21.2. The molecule has 10 heteroatoms. The molecular weight excluding hydrogens is 382 g/mol. The fourth-order valence-electron chi connectivity index (χ4n) is 3.58. The molecule has 1 fully saturated rings. The Balaban J connectivity index is 1.35. The van der Waals surface area contributed by atoms with Crippen molar-refractivity contribution in [2.45, 2.75) is 19.8 Å². The Hall–Kier alpha value is -3.43. The summed E-state index contributed by atoms with van der Waals surface area (Å²) in [7, 11) is 1.85. The molecule has 0 spiro atoms. The quantitative estimate of drug-likeness (QED) is 0.366. The third-order valence-corrected chi connectivity index (χ3v) is 5.06. The number of hydrogen-bond acceptors (Lipinski definition) is 5. The number of carbonyl (C=O) groups is 1. The van der Waals surface area contributed by atoms with E-state index in [1.54, 1.807) is 15.8 Å². The molecule has 0 atom stereocenters. The maximum Gasteiger partial charge on any atom is 0.246 e. The lowest BCUT2D eigenvalue weighted by molar-refractivity contribution is -0.120. The Kier molecular flexibility index (Phi) is 5.92. The van der Waals surface area contributed by atoms with Gasteiger partial charge in [-0.3, -0.25) is 18.9 Å². The predicted octanol–water partition coefficient (Wildman–Crippen LogP) is 0.710. The number of piperazine rings is 1. The number of fused-ring (bicyclic) bond motifs is 1. The van der Waals surface area contributed by atoms with Gasteiger partial charge in [-0.15, -0.1) is 10.2 Å². The van der Waals surface area contributed by atoms with E-state index in [4.69, 9.17) is 4.99 Å². The molecule has 3 aromatic rings. The molecule has 0 bridgehead atoms. The highest BCUT2D eigenvalue weighted by Gasteiger charge is 2.27. The van der Waals surface area contributed by atoms with E-state index in [1.165, 1.54) is 0 Å². The van der Waals surface area contributed by atoms with Crippen molar-refractivity contribution in [1.82, 2.24) is 34.6 Å². The Labute approximate surface area is 175 Å². The van der Waals surface area contributed by atoms with Crippen molar-refractivity contribution < 1.29 is 4.79 Å². The van der Waals surface area contributed by atoms with Crippen LogP contribution >= 0.6 is 0 Å². The third kappa shape index (κ3) is 4.27. The molecule has 10 nitrogen and oxygen atoms in total. The van der Waals surface area contributed by atoms with Gasteiger partial charge in [0.1, 0.15) is 12.4 Å². The smallest absolute Gasteiger partial charge is 0.246 e. The number of amides is 1. The van der Waals surface area contributed by atoms with Gasteiger partial charge in [-0.1, -0.05) is 6.07 Å². The van der Waals surface area contributed by atoms with Gasteiger partial charge in [-0.2, -0.15) is 5.10 Å². The van der Waals surface area contributed by atoms with Crippen LogP contribution in [0.2, 0.25) is 0 Å². The second kappa shape index (κ2) is 8.93. The van der Waals surface area contributed by atoms with Crippen molar-refractivity contribution in [2.24, 2.45) is 12.0 Å². The minimum atomic E-state index is 0.0507. The first-order chi connectivity index (χ1) is 14.7. The Bertz CT molecular complexity index is 1040. The minimum Gasteiger partial charge on any atom is -0.357 e. The minimum absolute atomic E-state index is 0.0507. The molecule has 1 aliphatic heterocycles. The van der Waals surface area contributed by atoms with Crippen molar-refractivity contribution >= 4 is 23.2 Å². The van der Waals surface area contributed by atoms with Crippen LogP contribution in [0.4, 0.5) is 5.69 Å². The number of pyridine rings is 1. The summed E-state index contributed by atoms with van der Waals surface area (Å²) in [6, 6.07) is 5.87. The number of aryl methyl sites for hydroxylation is 2. The van der Waals surface area contributed by atoms with Gasteiger partial charge in [0.2, 0.25) is 5.91 Å². The number of carbonyl (C=O) groups excluding carboxylic acids is 1. The maximum atomic E-state index is 12.7. The highest BCUT2D eigenvalue weighted by atomic mass is 16.2. The molecule has 0 aliphatic carbocycles. The van der Waals surface area contributed by atoms with Crippen LogP contribution < -0.4 is 10.2 Å². The Morgan fingerprint density at radius 1 is 1.27 bits per heavy atom. The van der Waals surface area contributed by atoms with Gasteiger partial charge in [0.05, 0.1) is 11.9 Å². The molecule has 4 rings (SSSR count). The van der Waals surface area contributed by atoms with E-state index in [0.717, 1.165) is 49.0 Å². The second-order valence-electron chi connectivity index (χ2n) is 7.22. The number of nitrogens with one attached hydrogen (secondary N) is 1. The van der Waals surface area contributed by atoms with Gasteiger partial charge >= 0.3 is 0 Å². The van der Waals surface area contributed by atoms with Crippen LogP contribution in [-0.4, -0.2) is 73.9 Å². The lowest BCUT2D eigenvalue weighted by atomic mass is 10.3. The topological polar surface area (TPSA) is 95.9 Å². The van der Waals surface area contributed by atoms with Gasteiger partial charge in [0, 0.05) is 52.0 Å². The number of hydrogen-bond donors (Lipinski definition) is 1. The number of aromatic nitrogens is 5. The van der Waals surface area contributed by atoms with Crippen molar-refractivity contribution in [3.63, 3.8) is 0 Å². The summed E-state index contributed by atoms with van der Waals surface area (Å²) in [5.74, 6) is 1.77. The molecule has 1 amide bonds. The van der Waals surface area contributed by atoms with E-state index in [1.807, 2.05) is 53.9 Å². The Morgan fingerprint density at radius 2 is 2.17 bits per heavy atom. The highest BCUT2D eigenvalue weighted by molar-refractivity contribution is 5.98. The summed E-state index contributed by atoms with van der Waals surface area (Å²) in [5, 5.41) is 15.9. The first-order valence-electron chi connectivity index (χ1n) is 10.3. The van der Waals surface area contributed by atoms with E-state index < -0.39 is 0 Å². The molecule has 0 radical (unpaired) electrons. The number of aliphatic imine (C=N–C) groups is 1. The van der Waals surface area contributed by atoms with Gasteiger partial charge in [-0.25, -0.2) is 0 Å². The first kappa shape index (κ1) is 19.9. The van der Waals surface area contributed by atoms with Gasteiger partial charge in [0.15, 0.2) is 11.6 Å². The van der Waals surface area contributed by atoms with Crippen molar-refractivity contribution in [2.75, 3.05) is 37.6 Å². The molecule has 0 aromatic carbocycles. The van der Waals surface area contributed by atoms with E-state index >= 15 is 0 Å². The largest absolute Gasteiger partial charge is 0.357 e. The van der Waals surface area contributed by atoms with E-state index in [-0.39, 0.29) is 5.91 Å². The zero-order chi connectivity index (χ0) is 20.9. The van der Waals surface area contributed by atoms with E-state index in [2.05, 4.69) is 20.6 Å². The number of guanidine groups is 1. The molecule has 1 saturated heterocycles. The number of anilines is 1. The molecule has 1 N–H and O–H groups in total. The zero-order valence-corrected chi connectivity index (χ0v) is 17.4. The maximum absolute atomic E-state index is 12.7. The van der Waals surface area contributed by atoms with E-state index in [9.17, 15) is 4.79 Å². The van der Waals surface area contributed by atoms with E-state index in [0.29, 0.717) is 19.6 Å². The predicted molar refractivity (Wildman–Crippen MR) is 114 cm³/mol. The molecule has 30 heavy (non-hydrogen) atoms. The fourth-order valence-corrected chi connectivity index (χ4v) is 3.58. The lowest BCUT2D eigenvalue weighted by Gasteiger charge is -2.35. The molecule has 1 aliphatic rings. The summed E-state index contributed by atoms with van der Waals surface area (Å²) >= 11 is 0. The summed E-state index contributed by atoms with van der Waals surface area (Å²) < 4.78 is 3.71. The van der Waals surface area contributed by atoms with Gasteiger partial charge in [0.25, 0.3) is 0 Å². The lowest BCUT2D eigenvalue weighted by Crippen LogP contribution is -2.55. The normalized spacial score (nSPS) is 15.3. The van der Waals surface area contributed by atoms with Crippen LogP contribution in [-0.2, 0) is 18.3 Å². The summed E-state index contributed by atoms with van der Waals surface area (Å²) in [6.45, 7) is 5.08. The van der Waals surface area contributed by atoms with Crippen molar-refractivity contribution in [3.05, 3.63) is 42.6 Å². The van der Waals surface area contributed by atoms with Crippen LogP contribution in [0.3, 0.4) is 0 Å². The SMILES string of the molecule is CCNC(=NCCCc1nnc2ccccn12)N1CCN(c2cnn(C)c2)C(=O)C1. The Morgan fingerprint density at radius 3 is 2.93 bits per heavy atom. The molecule has 0 saturated carbocycles. The van der Waals surface area contributed by atoms with Crippen LogP contribution in [0.1, 0.15) is 19.2 Å². The molecular formula is C20H27N9O. The van der Waals surface area contributed by atoms with Crippen LogP contribution in [0.25, 0.3) is 5.65 Å². The monoisotopic (exact) mass is 409 g/mol. The average molecular weight is 409 g/mol. The second-order valence-corrected chi connectivity index (χ2v) is 7.22. The third-order valence-electron chi connectivity index (χ3n) is 5.06. The van der Waals surface area contributed by atoms with Gasteiger partial charge in [-0.05, 0) is 25.5 Å². The highest BCUT2D eigenvalue weighted by Crippen LogP contribution is 2.16. The average Bonchev–Trinajstić information content (AvgIpc) is 3.36. The zero-order valence-electron chi connectivity index (χ0n) is 17.4. The van der Waals surface area contributed by atoms with Crippen LogP contribution in [0.15, 0.2) is 41.8 Å². The van der Waals surface area contributed by atoms with Crippen LogP contribution in [0.5, 0.6) is 0 Å². The van der Waals surface area contributed by atoms with Gasteiger partial charge < -0.3 is 15.1 Å². The first-order valence-corrected chi connectivity index (χ1v) is 10.3. The molecule has 0 unspecified atom stereocenters. The molecule has 158 valence electrons. The molecule has 4 heterocycles. The molecule has 3 aromatic heterocycles. The fraction of sp³-hybridized carbons (Fsp3) is 0.450. The number of nitrogens with zero attached hydrogens (tertiary/aromatic N) is 8. The van der Waals surface area contributed by atoms with Crippen molar-refractivity contribution in [1.29, 1.82) is 0 Å². The van der Waals surface area contributed by atoms with Crippen molar-refractivity contribution in [3.8, 4) is 0 Å². The summed E-state index contributed by atoms with van der Waals surface area (Å²) in [6.07, 6.45) is 7.21. The number of rotatable bonds is 6. The summed E-state index contributed by atoms with van der Waals surface area (Å²) in [5.41, 5.74) is 1.69.